The van der Waals surface area contributed by atoms with Crippen molar-refractivity contribution < 1.29 is 17.9 Å². The highest BCUT2D eigenvalue weighted by Crippen LogP contribution is 2.21. The Hall–Kier alpha value is -3.31. The van der Waals surface area contributed by atoms with E-state index in [2.05, 4.69) is 25.0 Å². The Kier molecular flexibility index (Phi) is 7.54. The van der Waals surface area contributed by atoms with Crippen molar-refractivity contribution in [2.75, 3.05) is 18.5 Å². The number of sulfonamides is 1. The van der Waals surface area contributed by atoms with Gasteiger partial charge >= 0.3 is 5.97 Å². The van der Waals surface area contributed by atoms with Crippen LogP contribution in [-0.2, 0) is 26.6 Å². The van der Waals surface area contributed by atoms with Crippen molar-refractivity contribution in [2.24, 2.45) is 7.05 Å². The van der Waals surface area contributed by atoms with Crippen LogP contribution in [0.1, 0.15) is 25.6 Å². The maximum Gasteiger partial charge on any atom is 0.305 e. The van der Waals surface area contributed by atoms with Gasteiger partial charge in [-0.2, -0.15) is 0 Å². The minimum atomic E-state index is -3.68. The van der Waals surface area contributed by atoms with Gasteiger partial charge in [-0.1, -0.05) is 0 Å². The van der Waals surface area contributed by atoms with E-state index in [1.54, 1.807) is 37.5 Å². The Morgan fingerprint density at radius 1 is 1.16 bits per heavy atom. The van der Waals surface area contributed by atoms with E-state index >= 15 is 0 Å². The molecule has 32 heavy (non-hydrogen) atoms. The molecule has 0 saturated heterocycles. The maximum atomic E-state index is 12.4. The number of imidazole rings is 1. The first kappa shape index (κ1) is 23.4. The standard InChI is InChI=1S/C21H26N6O4S/c1-4-31-20(28)6-5-12-24-32(29,30)17-9-7-16(8-10-17)25-21-22-13-11-18(26-21)19-14-23-15(2)27(19)3/h7-11,13-14,24H,4-6,12H2,1-3H3,(H,22,25,26). The Morgan fingerprint density at radius 3 is 2.56 bits per heavy atom. The van der Waals surface area contributed by atoms with Gasteiger partial charge in [-0.25, -0.2) is 28.1 Å². The average Bonchev–Trinajstić information content (AvgIpc) is 3.10. The molecule has 3 rings (SSSR count). The predicted octanol–water partition coefficient (Wildman–Crippen LogP) is 2.55. The molecular weight excluding hydrogens is 432 g/mol. The van der Waals surface area contributed by atoms with Crippen LogP contribution in [0.2, 0.25) is 0 Å². The third-order valence-corrected chi connectivity index (χ3v) is 6.19. The molecule has 0 amide bonds. The maximum absolute atomic E-state index is 12.4. The first-order valence-electron chi connectivity index (χ1n) is 10.1. The van der Waals surface area contributed by atoms with Crippen LogP contribution in [0.3, 0.4) is 0 Å². The average molecular weight is 459 g/mol. The summed E-state index contributed by atoms with van der Waals surface area (Å²) in [5.41, 5.74) is 2.23. The lowest BCUT2D eigenvalue weighted by molar-refractivity contribution is -0.143. The fourth-order valence-electron chi connectivity index (χ4n) is 2.90. The van der Waals surface area contributed by atoms with Crippen LogP contribution in [0.4, 0.5) is 11.6 Å². The van der Waals surface area contributed by atoms with Crippen molar-refractivity contribution >= 4 is 27.6 Å². The molecule has 11 heteroatoms. The quantitative estimate of drug-likeness (QED) is 0.350. The molecule has 0 aliphatic rings. The number of nitrogens with one attached hydrogen (secondary N) is 2. The molecule has 10 nitrogen and oxygen atoms in total. The van der Waals surface area contributed by atoms with Crippen LogP contribution in [0.25, 0.3) is 11.4 Å². The van der Waals surface area contributed by atoms with E-state index in [1.807, 2.05) is 18.5 Å². The summed E-state index contributed by atoms with van der Waals surface area (Å²) in [6, 6.07) is 8.05. The van der Waals surface area contributed by atoms with Crippen LogP contribution in [0.5, 0.6) is 0 Å². The van der Waals surface area contributed by atoms with Crippen LogP contribution >= 0.6 is 0 Å². The number of aromatic nitrogens is 4. The van der Waals surface area contributed by atoms with Crippen molar-refractivity contribution in [3.05, 3.63) is 48.5 Å². The highest BCUT2D eigenvalue weighted by atomic mass is 32.2. The van der Waals surface area contributed by atoms with E-state index in [1.165, 1.54) is 12.1 Å². The molecule has 3 aromatic rings. The lowest BCUT2D eigenvalue weighted by Gasteiger charge is -2.09. The van der Waals surface area contributed by atoms with Crippen molar-refractivity contribution in [1.29, 1.82) is 0 Å². The van der Waals surface area contributed by atoms with Gasteiger partial charge in [0.05, 0.1) is 29.1 Å². The first-order chi connectivity index (χ1) is 15.3. The minimum absolute atomic E-state index is 0.124. The second kappa shape index (κ2) is 10.3. The van der Waals surface area contributed by atoms with Crippen LogP contribution < -0.4 is 10.0 Å². The molecular formula is C21H26N6O4S. The smallest absolute Gasteiger partial charge is 0.305 e. The topological polar surface area (TPSA) is 128 Å². The van der Waals surface area contributed by atoms with Gasteiger partial charge in [0, 0.05) is 31.9 Å². The van der Waals surface area contributed by atoms with E-state index in [-0.39, 0.29) is 23.8 Å². The number of hydrogen-bond donors (Lipinski definition) is 2. The van der Waals surface area contributed by atoms with Crippen molar-refractivity contribution in [3.63, 3.8) is 0 Å². The summed E-state index contributed by atoms with van der Waals surface area (Å²) in [7, 11) is -1.76. The lowest BCUT2D eigenvalue weighted by Crippen LogP contribution is -2.25. The highest BCUT2D eigenvalue weighted by molar-refractivity contribution is 7.89. The molecule has 170 valence electrons. The summed E-state index contributed by atoms with van der Waals surface area (Å²) in [5.74, 6) is 0.917. The van der Waals surface area contributed by atoms with E-state index < -0.39 is 10.0 Å². The van der Waals surface area contributed by atoms with E-state index in [0.29, 0.717) is 24.7 Å². The molecule has 1 aromatic carbocycles. The fraction of sp³-hybridized carbons (Fsp3) is 0.333. The zero-order valence-electron chi connectivity index (χ0n) is 18.2. The molecule has 2 aromatic heterocycles. The van der Waals surface area contributed by atoms with Gasteiger partial charge < -0.3 is 14.6 Å². The monoisotopic (exact) mass is 458 g/mol. The van der Waals surface area contributed by atoms with Gasteiger partial charge in [-0.15, -0.1) is 0 Å². The normalized spacial score (nSPS) is 11.3. The highest BCUT2D eigenvalue weighted by Gasteiger charge is 2.14. The molecule has 0 saturated carbocycles. The van der Waals surface area contributed by atoms with Crippen LogP contribution in [0.15, 0.2) is 47.6 Å². The number of hydrogen-bond acceptors (Lipinski definition) is 8. The van der Waals surface area contributed by atoms with Crippen LogP contribution in [0, 0.1) is 6.92 Å². The van der Waals surface area contributed by atoms with Gasteiger partial charge in [0.25, 0.3) is 0 Å². The number of rotatable bonds is 10. The number of ether oxygens (including phenoxy) is 1. The summed E-state index contributed by atoms with van der Waals surface area (Å²) < 4.78 is 34.1. The molecule has 0 aliphatic heterocycles. The van der Waals surface area contributed by atoms with Gasteiger partial charge in [-0.05, 0) is 50.6 Å². The minimum Gasteiger partial charge on any atom is -0.466 e. The van der Waals surface area contributed by atoms with Gasteiger partial charge in [0.2, 0.25) is 16.0 Å². The number of anilines is 2. The summed E-state index contributed by atoms with van der Waals surface area (Å²) in [6.07, 6.45) is 3.92. The predicted molar refractivity (Wildman–Crippen MR) is 120 cm³/mol. The fourth-order valence-corrected chi connectivity index (χ4v) is 3.98. The summed E-state index contributed by atoms with van der Waals surface area (Å²) in [6.45, 7) is 4.09. The number of aryl methyl sites for hydroxylation is 1. The molecule has 2 heterocycles. The molecule has 2 N–H and O–H groups in total. The number of carbonyl (C=O) groups excluding carboxylic acids is 1. The van der Waals surface area contributed by atoms with Gasteiger partial charge in [0.1, 0.15) is 5.82 Å². The second-order valence-electron chi connectivity index (χ2n) is 6.97. The summed E-state index contributed by atoms with van der Waals surface area (Å²) in [5, 5.41) is 3.08. The lowest BCUT2D eigenvalue weighted by atomic mass is 10.3. The Bertz CT molecular complexity index is 1180. The molecule has 0 aliphatic carbocycles. The van der Waals surface area contributed by atoms with E-state index in [9.17, 15) is 13.2 Å². The number of esters is 1. The van der Waals surface area contributed by atoms with E-state index in [4.69, 9.17) is 4.74 Å². The summed E-state index contributed by atoms with van der Waals surface area (Å²) in [4.78, 5) is 24.5. The molecule has 0 atom stereocenters. The Balaban J connectivity index is 1.61. The molecule has 0 spiro atoms. The molecule has 0 unspecified atom stereocenters. The molecule has 0 radical (unpaired) electrons. The molecule has 0 fully saturated rings. The van der Waals surface area contributed by atoms with Crippen LogP contribution in [-0.4, -0.2) is 47.1 Å². The van der Waals surface area contributed by atoms with Gasteiger partial charge in [-0.3, -0.25) is 4.79 Å². The van der Waals surface area contributed by atoms with Gasteiger partial charge in [0.15, 0.2) is 0 Å². The first-order valence-corrected chi connectivity index (χ1v) is 11.6. The SMILES string of the molecule is CCOC(=O)CCCNS(=O)(=O)c1ccc(Nc2nccc(-c3cnc(C)n3C)n2)cc1. The molecule has 0 bridgehead atoms. The second-order valence-corrected chi connectivity index (χ2v) is 8.74. The number of benzene rings is 1. The largest absolute Gasteiger partial charge is 0.466 e. The zero-order chi connectivity index (χ0) is 23.1. The third-order valence-electron chi connectivity index (χ3n) is 4.71. The summed E-state index contributed by atoms with van der Waals surface area (Å²) >= 11 is 0. The number of nitrogens with zero attached hydrogens (tertiary/aromatic N) is 4. The van der Waals surface area contributed by atoms with Crippen molar-refractivity contribution in [2.45, 2.75) is 31.6 Å². The number of carbonyl (C=O) groups is 1. The van der Waals surface area contributed by atoms with Crippen molar-refractivity contribution in [1.82, 2.24) is 24.2 Å². The van der Waals surface area contributed by atoms with Crippen molar-refractivity contribution in [3.8, 4) is 11.4 Å². The van der Waals surface area contributed by atoms with E-state index in [0.717, 1.165) is 17.2 Å². The Labute approximate surface area is 187 Å². The Morgan fingerprint density at radius 2 is 1.91 bits per heavy atom. The third kappa shape index (κ3) is 5.89. The zero-order valence-corrected chi connectivity index (χ0v) is 19.0.